The van der Waals surface area contributed by atoms with E-state index in [1.165, 1.54) is 11.4 Å². The van der Waals surface area contributed by atoms with Crippen LogP contribution in [-0.4, -0.2) is 34.2 Å². The van der Waals surface area contributed by atoms with Crippen molar-refractivity contribution in [1.29, 1.82) is 0 Å². The van der Waals surface area contributed by atoms with E-state index < -0.39 is 10.0 Å². The minimum absolute atomic E-state index is 0.143. The summed E-state index contributed by atoms with van der Waals surface area (Å²) in [4.78, 5) is 12.4. The first kappa shape index (κ1) is 23.6. The number of sulfonamides is 1. The van der Waals surface area contributed by atoms with Crippen LogP contribution in [-0.2, 0) is 23.0 Å². The van der Waals surface area contributed by atoms with Gasteiger partial charge in [-0.05, 0) is 53.9 Å². The fraction of sp³-hybridized carbons (Fsp3) is 0.208. The summed E-state index contributed by atoms with van der Waals surface area (Å²) < 4.78 is 31.3. The highest BCUT2D eigenvalue weighted by atomic mass is 35.5. The number of nitrogens with zero attached hydrogens (tertiary/aromatic N) is 1. The highest BCUT2D eigenvalue weighted by Crippen LogP contribution is 2.25. The van der Waals surface area contributed by atoms with Gasteiger partial charge in [0.25, 0.3) is 5.91 Å². The number of hydrogen-bond donors (Lipinski definition) is 1. The van der Waals surface area contributed by atoms with Gasteiger partial charge in [-0.1, -0.05) is 41.9 Å². The molecule has 0 aliphatic rings. The number of carbonyl (C=O) groups is 1. The smallest absolute Gasteiger partial charge is 0.251 e. The molecule has 0 aromatic heterocycles. The zero-order chi connectivity index (χ0) is 23.1. The number of carbonyl (C=O) groups excluding carboxylic acids is 1. The Hall–Kier alpha value is -3.03. The first-order chi connectivity index (χ1) is 15.3. The average Bonchev–Trinajstić information content (AvgIpc) is 2.78. The molecule has 0 atom stereocenters. The molecule has 168 valence electrons. The highest BCUT2D eigenvalue weighted by molar-refractivity contribution is 7.92. The number of halogens is 1. The number of benzene rings is 3. The molecule has 0 saturated heterocycles. The van der Waals surface area contributed by atoms with E-state index in [0.29, 0.717) is 35.0 Å². The molecule has 0 spiro atoms. The van der Waals surface area contributed by atoms with Crippen LogP contribution in [0.4, 0.5) is 5.69 Å². The fourth-order valence-electron chi connectivity index (χ4n) is 3.17. The van der Waals surface area contributed by atoms with E-state index >= 15 is 0 Å². The summed E-state index contributed by atoms with van der Waals surface area (Å²) in [6, 6.07) is 21.3. The first-order valence-corrected chi connectivity index (χ1v) is 12.2. The van der Waals surface area contributed by atoms with E-state index in [-0.39, 0.29) is 12.5 Å². The van der Waals surface area contributed by atoms with Crippen LogP contribution >= 0.6 is 11.6 Å². The summed E-state index contributed by atoms with van der Waals surface area (Å²) in [5, 5.41) is 3.57. The molecular weight excluding hydrogens is 448 g/mol. The van der Waals surface area contributed by atoms with Crippen LogP contribution in [0.2, 0.25) is 5.02 Å². The van der Waals surface area contributed by atoms with E-state index in [0.717, 1.165) is 17.4 Å². The van der Waals surface area contributed by atoms with Crippen LogP contribution in [0.3, 0.4) is 0 Å². The van der Waals surface area contributed by atoms with Crippen molar-refractivity contribution in [2.75, 3.05) is 24.2 Å². The number of ether oxygens (including phenoxy) is 1. The van der Waals surface area contributed by atoms with Crippen molar-refractivity contribution in [3.63, 3.8) is 0 Å². The lowest BCUT2D eigenvalue weighted by Gasteiger charge is -2.23. The van der Waals surface area contributed by atoms with Gasteiger partial charge in [0.05, 0.1) is 25.6 Å². The van der Waals surface area contributed by atoms with Gasteiger partial charge < -0.3 is 10.1 Å². The topological polar surface area (TPSA) is 75.7 Å². The quantitative estimate of drug-likeness (QED) is 0.504. The zero-order valence-corrected chi connectivity index (χ0v) is 19.5. The number of anilines is 1. The molecule has 0 unspecified atom stereocenters. The van der Waals surface area contributed by atoms with E-state index in [4.69, 9.17) is 16.3 Å². The van der Waals surface area contributed by atoms with Crippen LogP contribution < -0.4 is 14.4 Å². The second kappa shape index (κ2) is 10.5. The Morgan fingerprint density at radius 3 is 2.28 bits per heavy atom. The molecule has 6 nitrogen and oxygen atoms in total. The van der Waals surface area contributed by atoms with E-state index in [2.05, 4.69) is 5.32 Å². The molecule has 3 aromatic rings. The van der Waals surface area contributed by atoms with Crippen molar-refractivity contribution in [1.82, 2.24) is 5.32 Å². The monoisotopic (exact) mass is 472 g/mol. The van der Waals surface area contributed by atoms with Crippen molar-refractivity contribution >= 4 is 33.2 Å². The second-order valence-corrected chi connectivity index (χ2v) is 9.64. The van der Waals surface area contributed by atoms with Gasteiger partial charge in [-0.3, -0.25) is 9.10 Å². The van der Waals surface area contributed by atoms with Crippen LogP contribution in [0.1, 0.15) is 21.5 Å². The molecular formula is C24H25ClN2O4S. The minimum Gasteiger partial charge on any atom is -0.497 e. The Labute approximate surface area is 193 Å². The lowest BCUT2D eigenvalue weighted by Crippen LogP contribution is -2.29. The number of rotatable bonds is 9. The summed E-state index contributed by atoms with van der Waals surface area (Å²) in [6.07, 6.45) is 1.86. The van der Waals surface area contributed by atoms with Gasteiger partial charge >= 0.3 is 0 Å². The lowest BCUT2D eigenvalue weighted by molar-refractivity contribution is 0.0954. The lowest BCUT2D eigenvalue weighted by atomic mass is 10.1. The first-order valence-electron chi connectivity index (χ1n) is 9.99. The number of amides is 1. The normalized spacial score (nSPS) is 11.1. The van der Waals surface area contributed by atoms with Gasteiger partial charge in [0.15, 0.2) is 0 Å². The van der Waals surface area contributed by atoms with Gasteiger partial charge in [0, 0.05) is 23.2 Å². The Balaban J connectivity index is 1.64. The third-order valence-corrected chi connectivity index (χ3v) is 6.29. The average molecular weight is 473 g/mol. The zero-order valence-electron chi connectivity index (χ0n) is 17.9. The summed E-state index contributed by atoms with van der Waals surface area (Å²) in [7, 11) is -1.99. The van der Waals surface area contributed by atoms with Crippen molar-refractivity contribution in [3.8, 4) is 5.75 Å². The van der Waals surface area contributed by atoms with Crippen molar-refractivity contribution in [3.05, 3.63) is 94.5 Å². The number of methoxy groups -OCH3 is 1. The SMILES string of the molecule is COc1cccc(N(Cc2ccc(C(=O)NCCc3ccc(Cl)cc3)cc2)S(C)(=O)=O)c1. The Kier molecular flexibility index (Phi) is 7.77. The standard InChI is InChI=1S/C24H25ClN2O4S/c1-31-23-5-3-4-22(16-23)27(32(2,29)30)17-19-6-10-20(11-7-19)24(28)26-15-14-18-8-12-21(25)13-9-18/h3-13,16H,14-15,17H2,1-2H3,(H,26,28). The summed E-state index contributed by atoms with van der Waals surface area (Å²) in [5.74, 6) is 0.389. The van der Waals surface area contributed by atoms with Crippen LogP contribution in [0, 0.1) is 0 Å². The van der Waals surface area contributed by atoms with Crippen molar-refractivity contribution < 1.29 is 17.9 Å². The predicted molar refractivity (Wildman–Crippen MR) is 128 cm³/mol. The van der Waals surface area contributed by atoms with Crippen LogP contribution in [0.25, 0.3) is 0 Å². The van der Waals surface area contributed by atoms with Gasteiger partial charge in [-0.15, -0.1) is 0 Å². The molecule has 0 aliphatic carbocycles. The van der Waals surface area contributed by atoms with Gasteiger partial charge in [0.2, 0.25) is 10.0 Å². The fourth-order valence-corrected chi connectivity index (χ4v) is 4.17. The van der Waals surface area contributed by atoms with Gasteiger partial charge in [0.1, 0.15) is 5.75 Å². The van der Waals surface area contributed by atoms with Gasteiger partial charge in [-0.2, -0.15) is 0 Å². The van der Waals surface area contributed by atoms with Crippen molar-refractivity contribution in [2.45, 2.75) is 13.0 Å². The molecule has 3 aromatic carbocycles. The summed E-state index contributed by atoms with van der Waals surface area (Å²) >= 11 is 5.88. The minimum atomic E-state index is -3.52. The highest BCUT2D eigenvalue weighted by Gasteiger charge is 2.18. The molecule has 0 heterocycles. The maximum Gasteiger partial charge on any atom is 0.251 e. The Morgan fingerprint density at radius 1 is 1.00 bits per heavy atom. The molecule has 0 aliphatic heterocycles. The maximum absolute atomic E-state index is 12.4. The molecule has 3 rings (SSSR count). The molecule has 0 radical (unpaired) electrons. The largest absolute Gasteiger partial charge is 0.497 e. The van der Waals surface area contributed by atoms with E-state index in [1.807, 2.05) is 24.3 Å². The molecule has 8 heteroatoms. The predicted octanol–water partition coefficient (Wildman–Crippen LogP) is 4.29. The molecule has 32 heavy (non-hydrogen) atoms. The molecule has 0 bridgehead atoms. The van der Waals surface area contributed by atoms with Crippen LogP contribution in [0.5, 0.6) is 5.75 Å². The van der Waals surface area contributed by atoms with Crippen LogP contribution in [0.15, 0.2) is 72.8 Å². The number of nitrogens with one attached hydrogen (secondary N) is 1. The molecule has 1 N–H and O–H groups in total. The third kappa shape index (κ3) is 6.48. The summed E-state index contributed by atoms with van der Waals surface area (Å²) in [6.45, 7) is 0.643. The van der Waals surface area contributed by atoms with E-state index in [1.54, 1.807) is 48.5 Å². The third-order valence-electron chi connectivity index (χ3n) is 4.90. The molecule has 1 amide bonds. The van der Waals surface area contributed by atoms with Gasteiger partial charge in [-0.25, -0.2) is 8.42 Å². The molecule has 0 saturated carbocycles. The maximum atomic E-state index is 12.4. The summed E-state index contributed by atoms with van der Waals surface area (Å²) in [5.41, 5.74) is 2.87. The number of hydrogen-bond acceptors (Lipinski definition) is 4. The molecule has 0 fully saturated rings. The second-order valence-electron chi connectivity index (χ2n) is 7.30. The van der Waals surface area contributed by atoms with Crippen molar-refractivity contribution in [2.24, 2.45) is 0 Å². The van der Waals surface area contributed by atoms with E-state index in [9.17, 15) is 13.2 Å². The Bertz CT molecular complexity index is 1160. The Morgan fingerprint density at radius 2 is 1.66 bits per heavy atom.